The van der Waals surface area contributed by atoms with E-state index >= 15 is 0 Å². The highest BCUT2D eigenvalue weighted by Gasteiger charge is 2.33. The topological polar surface area (TPSA) is 74.8 Å². The van der Waals surface area contributed by atoms with E-state index in [1.165, 1.54) is 11.3 Å². The molecule has 0 spiro atoms. The van der Waals surface area contributed by atoms with E-state index in [9.17, 15) is 4.79 Å². The molecule has 1 aliphatic heterocycles. The van der Waals surface area contributed by atoms with Crippen molar-refractivity contribution in [3.8, 4) is 11.5 Å². The van der Waals surface area contributed by atoms with Gasteiger partial charge in [-0.1, -0.05) is 6.07 Å². The van der Waals surface area contributed by atoms with Crippen LogP contribution in [0.3, 0.4) is 0 Å². The van der Waals surface area contributed by atoms with Gasteiger partial charge in [-0.15, -0.1) is 11.3 Å². The molecule has 0 radical (unpaired) electrons. The molecule has 4 heterocycles. The van der Waals surface area contributed by atoms with Crippen molar-refractivity contribution in [1.29, 1.82) is 0 Å². The summed E-state index contributed by atoms with van der Waals surface area (Å²) in [7, 11) is 0. The maximum atomic E-state index is 12.8. The molecular weight excluding hydrogens is 334 g/mol. The number of likely N-dealkylation sites (tertiary alicyclic amines) is 1. The summed E-state index contributed by atoms with van der Waals surface area (Å²) in [6, 6.07) is 5.62. The second-order valence-electron chi connectivity index (χ2n) is 6.30. The predicted octanol–water partition coefficient (Wildman–Crippen LogP) is 3.52. The molecule has 128 valence electrons. The summed E-state index contributed by atoms with van der Waals surface area (Å²) in [5.41, 5.74) is 2.64. The molecule has 1 aliphatic rings. The maximum Gasteiger partial charge on any atom is 0.264 e. The lowest BCUT2D eigenvalue weighted by molar-refractivity contribution is 0.0734. The molecule has 0 unspecified atom stereocenters. The average Bonchev–Trinajstić information content (AvgIpc) is 3.34. The van der Waals surface area contributed by atoms with Crippen LogP contribution < -0.4 is 0 Å². The molecule has 7 heteroatoms. The molecule has 1 amide bonds. The van der Waals surface area contributed by atoms with Gasteiger partial charge in [-0.25, -0.2) is 15.0 Å². The van der Waals surface area contributed by atoms with E-state index in [0.29, 0.717) is 5.82 Å². The molecule has 1 saturated heterocycles. The van der Waals surface area contributed by atoms with Crippen LogP contribution in [0.5, 0.6) is 0 Å². The van der Waals surface area contributed by atoms with Crippen molar-refractivity contribution in [3.05, 3.63) is 51.9 Å². The fourth-order valence-corrected chi connectivity index (χ4v) is 3.90. The summed E-state index contributed by atoms with van der Waals surface area (Å²) in [4.78, 5) is 32.4. The van der Waals surface area contributed by atoms with E-state index in [-0.39, 0.29) is 11.9 Å². The molecular formula is C18H19N5OS. The molecule has 1 atom stereocenters. The molecule has 0 aromatic carbocycles. The summed E-state index contributed by atoms with van der Waals surface area (Å²) >= 11 is 1.47. The number of rotatable bonds is 3. The second-order valence-corrected chi connectivity index (χ2v) is 7.25. The first kappa shape index (κ1) is 16.0. The number of hydrogen-bond donors (Lipinski definition) is 1. The summed E-state index contributed by atoms with van der Waals surface area (Å²) in [5.74, 6) is 1.50. The Balaban J connectivity index is 1.68. The average molecular weight is 353 g/mol. The number of aromatic nitrogens is 4. The third kappa shape index (κ3) is 3.07. The third-order valence-electron chi connectivity index (χ3n) is 4.36. The number of carbonyl (C=O) groups excluding carboxylic acids is 1. The Morgan fingerprint density at radius 2 is 2.24 bits per heavy atom. The van der Waals surface area contributed by atoms with Crippen molar-refractivity contribution in [2.75, 3.05) is 6.54 Å². The first-order valence-corrected chi connectivity index (χ1v) is 9.22. The third-order valence-corrected chi connectivity index (χ3v) is 5.22. The van der Waals surface area contributed by atoms with Crippen molar-refractivity contribution >= 4 is 17.2 Å². The van der Waals surface area contributed by atoms with Gasteiger partial charge in [-0.05, 0) is 44.2 Å². The molecule has 0 bridgehead atoms. The quantitative estimate of drug-likeness (QED) is 0.782. The van der Waals surface area contributed by atoms with Gasteiger partial charge in [-0.2, -0.15) is 0 Å². The molecule has 25 heavy (non-hydrogen) atoms. The van der Waals surface area contributed by atoms with Gasteiger partial charge in [0.1, 0.15) is 5.69 Å². The number of thiophene rings is 1. The van der Waals surface area contributed by atoms with E-state index in [1.807, 2.05) is 42.3 Å². The van der Waals surface area contributed by atoms with E-state index in [2.05, 4.69) is 15.0 Å². The van der Waals surface area contributed by atoms with Crippen molar-refractivity contribution in [2.45, 2.75) is 32.7 Å². The van der Waals surface area contributed by atoms with Crippen molar-refractivity contribution in [2.24, 2.45) is 0 Å². The highest BCUT2D eigenvalue weighted by atomic mass is 32.1. The number of carbonyl (C=O) groups is 1. The van der Waals surface area contributed by atoms with Crippen LogP contribution in [0.25, 0.3) is 11.5 Å². The van der Waals surface area contributed by atoms with Gasteiger partial charge < -0.3 is 9.88 Å². The van der Waals surface area contributed by atoms with Crippen LogP contribution in [0.2, 0.25) is 0 Å². The van der Waals surface area contributed by atoms with Crippen molar-refractivity contribution in [1.82, 2.24) is 24.8 Å². The Morgan fingerprint density at radius 3 is 2.96 bits per heavy atom. The minimum atomic E-state index is -0.0793. The number of H-pyrrole nitrogens is 1. The van der Waals surface area contributed by atoms with Crippen LogP contribution >= 0.6 is 11.3 Å². The summed E-state index contributed by atoms with van der Waals surface area (Å²) in [5, 5.41) is 1.93. The first-order valence-electron chi connectivity index (χ1n) is 8.34. The van der Waals surface area contributed by atoms with Crippen LogP contribution in [-0.2, 0) is 0 Å². The lowest BCUT2D eigenvalue weighted by Gasteiger charge is -2.23. The number of imidazole rings is 1. The smallest absolute Gasteiger partial charge is 0.264 e. The zero-order chi connectivity index (χ0) is 17.4. The number of hydrogen-bond acceptors (Lipinski definition) is 5. The van der Waals surface area contributed by atoms with Crippen LogP contribution in [0, 0.1) is 13.8 Å². The van der Waals surface area contributed by atoms with Gasteiger partial charge in [0, 0.05) is 24.1 Å². The van der Waals surface area contributed by atoms with Crippen molar-refractivity contribution < 1.29 is 4.79 Å². The normalized spacial score (nSPS) is 17.2. The molecule has 1 N–H and O–H groups in total. The largest absolute Gasteiger partial charge is 0.341 e. The lowest BCUT2D eigenvalue weighted by atomic mass is 10.2. The Bertz CT molecular complexity index is 902. The fraction of sp³-hybridized carbons (Fsp3) is 0.333. The molecule has 4 rings (SSSR count). The summed E-state index contributed by atoms with van der Waals surface area (Å²) in [6.45, 7) is 4.66. The van der Waals surface area contributed by atoms with E-state index in [1.54, 1.807) is 6.20 Å². The minimum absolute atomic E-state index is 0.0676. The van der Waals surface area contributed by atoms with Gasteiger partial charge in [0.15, 0.2) is 11.6 Å². The SMILES string of the molecule is Cc1cc(-c2ncc(C)[nH]2)nc([C@@H]2CCCN2C(=O)c2cccs2)n1. The monoisotopic (exact) mass is 353 g/mol. The number of nitrogens with zero attached hydrogens (tertiary/aromatic N) is 4. The Morgan fingerprint density at radius 1 is 1.36 bits per heavy atom. The minimum Gasteiger partial charge on any atom is -0.341 e. The van der Waals surface area contributed by atoms with Gasteiger partial charge >= 0.3 is 0 Å². The van der Waals surface area contributed by atoms with Gasteiger partial charge in [-0.3, -0.25) is 4.79 Å². The van der Waals surface area contributed by atoms with Crippen LogP contribution in [0.4, 0.5) is 0 Å². The highest BCUT2D eigenvalue weighted by molar-refractivity contribution is 7.12. The van der Waals surface area contributed by atoms with Gasteiger partial charge in [0.05, 0.1) is 10.9 Å². The van der Waals surface area contributed by atoms with Gasteiger partial charge in [0.25, 0.3) is 5.91 Å². The van der Waals surface area contributed by atoms with Crippen molar-refractivity contribution in [3.63, 3.8) is 0 Å². The molecule has 1 fully saturated rings. The van der Waals surface area contributed by atoms with E-state index < -0.39 is 0 Å². The lowest BCUT2D eigenvalue weighted by Crippen LogP contribution is -2.31. The molecule has 3 aromatic heterocycles. The van der Waals surface area contributed by atoms with Crippen LogP contribution in [0.1, 0.15) is 45.8 Å². The standard InChI is InChI=1S/C18H19N5OS/c1-11-9-13(16-19-10-12(2)21-16)22-17(20-11)14-5-3-7-23(14)18(24)15-6-4-8-25-15/h4,6,8-10,14H,3,5,7H2,1-2H3,(H,19,21)/t14-/m0/s1. The second kappa shape index (κ2) is 6.40. The van der Waals surface area contributed by atoms with E-state index in [4.69, 9.17) is 4.98 Å². The number of aromatic amines is 1. The fourth-order valence-electron chi connectivity index (χ4n) is 3.22. The zero-order valence-corrected chi connectivity index (χ0v) is 15.0. The molecule has 3 aromatic rings. The Kier molecular flexibility index (Phi) is 4.09. The Labute approximate surface area is 150 Å². The molecule has 6 nitrogen and oxygen atoms in total. The number of nitrogens with one attached hydrogen (secondary N) is 1. The summed E-state index contributed by atoms with van der Waals surface area (Å²) < 4.78 is 0. The zero-order valence-electron chi connectivity index (χ0n) is 14.2. The number of amides is 1. The Hall–Kier alpha value is -2.54. The highest BCUT2D eigenvalue weighted by Crippen LogP contribution is 2.33. The van der Waals surface area contributed by atoms with E-state index in [0.717, 1.165) is 47.2 Å². The molecule has 0 saturated carbocycles. The predicted molar refractivity (Wildman–Crippen MR) is 96.4 cm³/mol. The first-order chi connectivity index (χ1) is 12.1. The van der Waals surface area contributed by atoms with Crippen LogP contribution in [0.15, 0.2) is 29.8 Å². The van der Waals surface area contributed by atoms with Crippen LogP contribution in [-0.4, -0.2) is 37.3 Å². The summed E-state index contributed by atoms with van der Waals surface area (Å²) in [6.07, 6.45) is 3.64. The van der Waals surface area contributed by atoms with Gasteiger partial charge in [0.2, 0.25) is 0 Å². The number of aryl methyl sites for hydroxylation is 2. The molecule has 0 aliphatic carbocycles. The maximum absolute atomic E-state index is 12.8.